The number of nitrogens with one attached hydrogen (secondary N) is 3. The molecule has 3 rings (SSSR count). The largest absolute Gasteiger partial charge is 0.371 e. The molecular weight excluding hydrogens is 483 g/mol. The second-order valence-corrected chi connectivity index (χ2v) is 6.52. The van der Waals surface area contributed by atoms with Crippen LogP contribution in [0.2, 0.25) is 0 Å². The lowest BCUT2D eigenvalue weighted by Gasteiger charge is -2.10. The van der Waals surface area contributed by atoms with E-state index in [1.165, 1.54) is 22.2 Å². The molecule has 8 nitrogen and oxygen atoms in total. The predicted octanol–water partition coefficient (Wildman–Crippen LogP) is 3.48. The number of rotatable bonds is 8. The Morgan fingerprint density at radius 3 is 2.86 bits per heavy atom. The van der Waals surface area contributed by atoms with E-state index in [-0.39, 0.29) is 30.1 Å². The number of guanidine groups is 1. The van der Waals surface area contributed by atoms with E-state index in [1.54, 1.807) is 7.05 Å². The van der Waals surface area contributed by atoms with Crippen molar-refractivity contribution in [2.45, 2.75) is 39.8 Å². The van der Waals surface area contributed by atoms with Gasteiger partial charge in [0.15, 0.2) is 11.8 Å². The first-order valence-corrected chi connectivity index (χ1v) is 9.57. The van der Waals surface area contributed by atoms with Crippen LogP contribution in [0.1, 0.15) is 42.9 Å². The van der Waals surface area contributed by atoms with Gasteiger partial charge in [-0.3, -0.25) is 4.99 Å². The van der Waals surface area contributed by atoms with Gasteiger partial charge in [-0.2, -0.15) is 4.98 Å². The van der Waals surface area contributed by atoms with Crippen molar-refractivity contribution in [3.63, 3.8) is 0 Å². The molecule has 1 unspecified atom stereocenters. The molecule has 0 aliphatic carbocycles. The Labute approximate surface area is 187 Å². The van der Waals surface area contributed by atoms with Gasteiger partial charge in [-0.15, -0.1) is 24.0 Å². The number of para-hydroxylation sites is 1. The SMILES string of the molecule is CCOC(C)c1noc(CNC(=NC)NCCc2c(C)[nH]c3ccccc23)n1.I. The number of ether oxygens (including phenoxy) is 1. The molecule has 158 valence electrons. The molecule has 0 spiro atoms. The van der Waals surface area contributed by atoms with E-state index in [1.807, 2.05) is 19.9 Å². The molecule has 0 saturated carbocycles. The number of nitrogens with zero attached hydrogens (tertiary/aromatic N) is 3. The van der Waals surface area contributed by atoms with Crippen molar-refractivity contribution in [3.8, 4) is 0 Å². The van der Waals surface area contributed by atoms with Gasteiger partial charge in [-0.05, 0) is 38.8 Å². The zero-order valence-electron chi connectivity index (χ0n) is 17.3. The van der Waals surface area contributed by atoms with Gasteiger partial charge in [0.25, 0.3) is 0 Å². The molecule has 2 heterocycles. The number of H-pyrrole nitrogens is 1. The van der Waals surface area contributed by atoms with E-state index in [4.69, 9.17) is 9.26 Å². The number of aryl methyl sites for hydroxylation is 1. The average molecular weight is 512 g/mol. The van der Waals surface area contributed by atoms with E-state index in [9.17, 15) is 0 Å². The molecule has 0 aliphatic rings. The number of aliphatic imine (C=N–C) groups is 1. The molecule has 3 aromatic rings. The van der Waals surface area contributed by atoms with Gasteiger partial charge in [0, 0.05) is 36.8 Å². The first-order valence-electron chi connectivity index (χ1n) is 9.57. The summed E-state index contributed by atoms with van der Waals surface area (Å²) in [5.74, 6) is 1.74. The Morgan fingerprint density at radius 1 is 1.31 bits per heavy atom. The molecular formula is C20H29IN6O2. The molecule has 0 bridgehead atoms. The molecule has 9 heteroatoms. The number of hydrogen-bond donors (Lipinski definition) is 3. The van der Waals surface area contributed by atoms with Gasteiger partial charge in [-0.25, -0.2) is 0 Å². The van der Waals surface area contributed by atoms with Crippen LogP contribution in [0.5, 0.6) is 0 Å². The van der Waals surface area contributed by atoms with Crippen LogP contribution in [0.3, 0.4) is 0 Å². The number of hydrogen-bond acceptors (Lipinski definition) is 5. The molecule has 1 atom stereocenters. The Hall–Kier alpha value is -2.14. The van der Waals surface area contributed by atoms with Crippen molar-refractivity contribution < 1.29 is 9.26 Å². The third-order valence-corrected chi connectivity index (χ3v) is 4.59. The number of benzene rings is 1. The highest BCUT2D eigenvalue weighted by Crippen LogP contribution is 2.21. The zero-order chi connectivity index (χ0) is 19.9. The van der Waals surface area contributed by atoms with Crippen molar-refractivity contribution in [2.75, 3.05) is 20.2 Å². The number of fused-ring (bicyclic) bond motifs is 1. The lowest BCUT2D eigenvalue weighted by molar-refractivity contribution is 0.0683. The van der Waals surface area contributed by atoms with Crippen LogP contribution in [0.4, 0.5) is 0 Å². The van der Waals surface area contributed by atoms with Crippen LogP contribution in [0, 0.1) is 6.92 Å². The Balaban J connectivity index is 0.00000300. The predicted molar refractivity (Wildman–Crippen MR) is 125 cm³/mol. The van der Waals surface area contributed by atoms with Gasteiger partial charge in [-0.1, -0.05) is 23.4 Å². The van der Waals surface area contributed by atoms with Gasteiger partial charge >= 0.3 is 0 Å². The van der Waals surface area contributed by atoms with Crippen molar-refractivity contribution in [3.05, 3.63) is 47.2 Å². The fourth-order valence-electron chi connectivity index (χ4n) is 3.17. The first kappa shape index (κ1) is 23.1. The maximum Gasteiger partial charge on any atom is 0.246 e. The number of aromatic amines is 1. The summed E-state index contributed by atoms with van der Waals surface area (Å²) in [5.41, 5.74) is 3.70. The summed E-state index contributed by atoms with van der Waals surface area (Å²) in [6.45, 7) is 7.72. The minimum Gasteiger partial charge on any atom is -0.371 e. The van der Waals surface area contributed by atoms with Crippen molar-refractivity contribution in [2.24, 2.45) is 4.99 Å². The molecule has 3 N–H and O–H groups in total. The van der Waals surface area contributed by atoms with E-state index < -0.39 is 0 Å². The fourth-order valence-corrected chi connectivity index (χ4v) is 3.17. The maximum atomic E-state index is 5.47. The van der Waals surface area contributed by atoms with Gasteiger partial charge in [0.1, 0.15) is 6.10 Å². The molecule has 0 fully saturated rings. The number of aromatic nitrogens is 3. The Kier molecular flexibility index (Phi) is 8.90. The fraction of sp³-hybridized carbons (Fsp3) is 0.450. The zero-order valence-corrected chi connectivity index (χ0v) is 19.6. The normalized spacial score (nSPS) is 12.6. The molecule has 0 radical (unpaired) electrons. The smallest absolute Gasteiger partial charge is 0.246 e. The van der Waals surface area contributed by atoms with Gasteiger partial charge in [0.2, 0.25) is 5.89 Å². The van der Waals surface area contributed by atoms with Crippen LogP contribution in [-0.2, 0) is 17.7 Å². The summed E-state index contributed by atoms with van der Waals surface area (Å²) in [6.07, 6.45) is 0.715. The van der Waals surface area contributed by atoms with Crippen LogP contribution < -0.4 is 10.6 Å². The summed E-state index contributed by atoms with van der Waals surface area (Å²) in [6, 6.07) is 8.37. The third-order valence-electron chi connectivity index (χ3n) is 4.59. The van der Waals surface area contributed by atoms with E-state index in [0.29, 0.717) is 30.8 Å². The summed E-state index contributed by atoms with van der Waals surface area (Å²) in [7, 11) is 1.74. The van der Waals surface area contributed by atoms with Crippen LogP contribution >= 0.6 is 24.0 Å². The monoisotopic (exact) mass is 512 g/mol. The molecule has 0 aliphatic heterocycles. The molecule has 0 saturated heterocycles. The Bertz CT molecular complexity index is 936. The van der Waals surface area contributed by atoms with E-state index in [2.05, 4.69) is 55.9 Å². The lowest BCUT2D eigenvalue weighted by Crippen LogP contribution is -2.38. The molecule has 2 aromatic heterocycles. The summed E-state index contributed by atoms with van der Waals surface area (Å²) < 4.78 is 10.7. The average Bonchev–Trinajstić information content (AvgIpc) is 3.29. The standard InChI is InChI=1S/C20H28N6O2.HI/c1-5-27-14(3)19-25-18(28-26-19)12-23-20(21-4)22-11-10-15-13(2)24-17-9-7-6-8-16(15)17;/h6-9,14,24H,5,10-12H2,1-4H3,(H2,21,22,23);1H. The summed E-state index contributed by atoms with van der Waals surface area (Å²) in [5, 5.41) is 11.8. The second kappa shape index (κ2) is 11.1. The number of halogens is 1. The van der Waals surface area contributed by atoms with E-state index in [0.717, 1.165) is 13.0 Å². The third kappa shape index (κ3) is 5.92. The molecule has 29 heavy (non-hydrogen) atoms. The van der Waals surface area contributed by atoms with Gasteiger partial charge in [0.05, 0.1) is 6.54 Å². The Morgan fingerprint density at radius 2 is 2.10 bits per heavy atom. The topological polar surface area (TPSA) is 100 Å². The summed E-state index contributed by atoms with van der Waals surface area (Å²) in [4.78, 5) is 12.0. The summed E-state index contributed by atoms with van der Waals surface area (Å²) >= 11 is 0. The van der Waals surface area contributed by atoms with Crippen molar-refractivity contribution in [1.82, 2.24) is 25.8 Å². The minimum absolute atomic E-state index is 0. The first-order chi connectivity index (χ1) is 13.6. The minimum atomic E-state index is -0.181. The van der Waals surface area contributed by atoms with E-state index >= 15 is 0 Å². The highest BCUT2D eigenvalue weighted by molar-refractivity contribution is 14.0. The van der Waals surface area contributed by atoms with Crippen LogP contribution in [0.15, 0.2) is 33.8 Å². The van der Waals surface area contributed by atoms with Crippen LogP contribution in [0.25, 0.3) is 10.9 Å². The molecule has 1 aromatic carbocycles. The molecule has 0 amide bonds. The van der Waals surface area contributed by atoms with Crippen LogP contribution in [-0.4, -0.2) is 41.3 Å². The highest BCUT2D eigenvalue weighted by Gasteiger charge is 2.14. The lowest BCUT2D eigenvalue weighted by atomic mass is 10.1. The highest BCUT2D eigenvalue weighted by atomic mass is 127. The van der Waals surface area contributed by atoms with Crippen molar-refractivity contribution in [1.29, 1.82) is 0 Å². The van der Waals surface area contributed by atoms with Gasteiger partial charge < -0.3 is 24.9 Å². The van der Waals surface area contributed by atoms with Crippen molar-refractivity contribution >= 4 is 40.8 Å². The quantitative estimate of drug-likeness (QED) is 0.243. The maximum absolute atomic E-state index is 5.47. The second-order valence-electron chi connectivity index (χ2n) is 6.52.